The minimum absolute atomic E-state index is 0.00787. The summed E-state index contributed by atoms with van der Waals surface area (Å²) in [6.07, 6.45) is 1.09. The lowest BCUT2D eigenvalue weighted by molar-refractivity contribution is -0.131. The van der Waals surface area contributed by atoms with Gasteiger partial charge in [-0.1, -0.05) is 0 Å². The predicted molar refractivity (Wildman–Crippen MR) is 103 cm³/mol. The number of hydrogen-bond donors (Lipinski definition) is 1. The Morgan fingerprint density at radius 3 is 2.75 bits per heavy atom. The van der Waals surface area contributed by atoms with Crippen LogP contribution in [0.15, 0.2) is 29.6 Å². The summed E-state index contributed by atoms with van der Waals surface area (Å²) in [5.74, 6) is -1.15. The zero-order valence-corrected chi connectivity index (χ0v) is 16.2. The minimum Gasteiger partial charge on any atom is -0.352 e. The highest BCUT2D eigenvalue weighted by atomic mass is 32.1. The molecule has 1 aromatic heterocycles. The third-order valence-corrected chi connectivity index (χ3v) is 6.16. The van der Waals surface area contributed by atoms with Crippen LogP contribution in [-0.2, 0) is 17.8 Å². The first kappa shape index (κ1) is 18.4. The molecular formula is C20H19N3O4S. The topological polar surface area (TPSA) is 86.8 Å². The van der Waals surface area contributed by atoms with E-state index in [1.54, 1.807) is 11.3 Å². The molecule has 0 fully saturated rings. The van der Waals surface area contributed by atoms with Gasteiger partial charge in [0.25, 0.3) is 17.7 Å². The molecule has 0 spiro atoms. The van der Waals surface area contributed by atoms with Gasteiger partial charge in [0.15, 0.2) is 0 Å². The molecule has 0 atom stereocenters. The van der Waals surface area contributed by atoms with Gasteiger partial charge in [0, 0.05) is 43.5 Å². The second-order valence-corrected chi connectivity index (χ2v) is 7.87. The standard InChI is InChI=1S/C20H19N3O4S/c1-22-19(26)14-3-2-12(10-15(14)20(22)27)18(25)21-7-4-17(24)23-8-5-16-13(11-23)6-9-28-16/h2-3,6,9-10H,4-5,7-8,11H2,1H3,(H,21,25). The highest BCUT2D eigenvalue weighted by molar-refractivity contribution is 7.10. The van der Waals surface area contributed by atoms with Crippen molar-refractivity contribution in [1.29, 1.82) is 0 Å². The van der Waals surface area contributed by atoms with Crippen LogP contribution in [0.5, 0.6) is 0 Å². The number of imide groups is 1. The van der Waals surface area contributed by atoms with Crippen molar-refractivity contribution in [1.82, 2.24) is 15.1 Å². The number of hydrogen-bond acceptors (Lipinski definition) is 5. The first-order chi connectivity index (χ1) is 13.5. The molecule has 8 heteroatoms. The summed E-state index contributed by atoms with van der Waals surface area (Å²) in [6, 6.07) is 6.49. The quantitative estimate of drug-likeness (QED) is 0.796. The van der Waals surface area contributed by atoms with Crippen molar-refractivity contribution in [2.75, 3.05) is 20.1 Å². The van der Waals surface area contributed by atoms with Crippen molar-refractivity contribution >= 4 is 35.0 Å². The van der Waals surface area contributed by atoms with E-state index >= 15 is 0 Å². The van der Waals surface area contributed by atoms with Gasteiger partial charge in [0.1, 0.15) is 0 Å². The van der Waals surface area contributed by atoms with Crippen LogP contribution in [0.4, 0.5) is 0 Å². The second-order valence-electron chi connectivity index (χ2n) is 6.87. The van der Waals surface area contributed by atoms with E-state index in [1.807, 2.05) is 10.3 Å². The second kappa shape index (κ2) is 7.20. The number of nitrogens with zero attached hydrogens (tertiary/aromatic N) is 2. The van der Waals surface area contributed by atoms with Crippen molar-refractivity contribution in [2.24, 2.45) is 0 Å². The molecule has 2 aliphatic heterocycles. The molecule has 7 nitrogen and oxygen atoms in total. The van der Waals surface area contributed by atoms with E-state index in [4.69, 9.17) is 0 Å². The van der Waals surface area contributed by atoms with Crippen LogP contribution in [0.3, 0.4) is 0 Å². The maximum atomic E-state index is 12.4. The van der Waals surface area contributed by atoms with E-state index in [0.717, 1.165) is 11.3 Å². The predicted octanol–water partition coefficient (Wildman–Crippen LogP) is 1.68. The van der Waals surface area contributed by atoms with Crippen molar-refractivity contribution in [2.45, 2.75) is 19.4 Å². The molecule has 3 heterocycles. The highest BCUT2D eigenvalue weighted by Crippen LogP contribution is 2.24. The number of thiophene rings is 1. The number of benzene rings is 1. The molecule has 0 aliphatic carbocycles. The van der Waals surface area contributed by atoms with Gasteiger partial charge in [-0.15, -0.1) is 11.3 Å². The zero-order valence-electron chi connectivity index (χ0n) is 15.4. The van der Waals surface area contributed by atoms with E-state index in [1.165, 1.54) is 35.7 Å². The summed E-state index contributed by atoms with van der Waals surface area (Å²) >= 11 is 1.72. The van der Waals surface area contributed by atoms with E-state index in [2.05, 4.69) is 11.4 Å². The molecule has 1 N–H and O–H groups in total. The molecule has 0 radical (unpaired) electrons. The Labute approximate surface area is 165 Å². The third kappa shape index (κ3) is 3.20. The Bertz CT molecular complexity index is 997. The van der Waals surface area contributed by atoms with Crippen molar-refractivity contribution in [3.05, 3.63) is 56.8 Å². The SMILES string of the molecule is CN1C(=O)c2ccc(C(=O)NCCC(=O)N3CCc4sccc4C3)cc2C1=O. The molecule has 1 aromatic carbocycles. The van der Waals surface area contributed by atoms with Crippen LogP contribution in [0.25, 0.3) is 0 Å². The van der Waals surface area contributed by atoms with Crippen molar-refractivity contribution in [3.8, 4) is 0 Å². The Morgan fingerprint density at radius 1 is 1.14 bits per heavy atom. The van der Waals surface area contributed by atoms with E-state index < -0.39 is 5.91 Å². The normalized spacial score (nSPS) is 15.5. The molecule has 2 aliphatic rings. The highest BCUT2D eigenvalue weighted by Gasteiger charge is 2.33. The fourth-order valence-electron chi connectivity index (χ4n) is 3.51. The molecule has 4 rings (SSSR count). The fraction of sp³-hybridized carbons (Fsp3) is 0.300. The van der Waals surface area contributed by atoms with Crippen molar-refractivity contribution < 1.29 is 19.2 Å². The minimum atomic E-state index is -0.414. The summed E-state index contributed by atoms with van der Waals surface area (Å²) in [5.41, 5.74) is 2.03. The number of fused-ring (bicyclic) bond motifs is 2. The lowest BCUT2D eigenvalue weighted by Crippen LogP contribution is -2.37. The summed E-state index contributed by atoms with van der Waals surface area (Å²) in [7, 11) is 1.41. The fourth-order valence-corrected chi connectivity index (χ4v) is 4.40. The van der Waals surface area contributed by atoms with Crippen LogP contribution < -0.4 is 5.32 Å². The zero-order chi connectivity index (χ0) is 19.8. The number of rotatable bonds is 4. The van der Waals surface area contributed by atoms with Crippen molar-refractivity contribution in [3.63, 3.8) is 0 Å². The van der Waals surface area contributed by atoms with Crippen LogP contribution >= 0.6 is 11.3 Å². The number of amides is 4. The monoisotopic (exact) mass is 397 g/mol. The van der Waals surface area contributed by atoms with Gasteiger partial charge in [0.05, 0.1) is 11.1 Å². The van der Waals surface area contributed by atoms with E-state index in [9.17, 15) is 19.2 Å². The van der Waals surface area contributed by atoms with Gasteiger partial charge in [-0.05, 0) is 41.6 Å². The largest absolute Gasteiger partial charge is 0.352 e. The molecule has 0 saturated heterocycles. The smallest absolute Gasteiger partial charge is 0.261 e. The summed E-state index contributed by atoms with van der Waals surface area (Å²) in [5, 5.41) is 4.76. The number of carbonyl (C=O) groups is 4. The Balaban J connectivity index is 1.32. The molecule has 4 amide bonds. The molecule has 0 saturated carbocycles. The van der Waals surface area contributed by atoms with Gasteiger partial charge in [0.2, 0.25) is 5.91 Å². The molecule has 28 heavy (non-hydrogen) atoms. The maximum absolute atomic E-state index is 12.4. The van der Waals surface area contributed by atoms with E-state index in [0.29, 0.717) is 24.2 Å². The van der Waals surface area contributed by atoms with Gasteiger partial charge in [-0.25, -0.2) is 0 Å². The average molecular weight is 397 g/mol. The van der Waals surface area contributed by atoms with Crippen LogP contribution in [0, 0.1) is 0 Å². The first-order valence-electron chi connectivity index (χ1n) is 9.03. The van der Waals surface area contributed by atoms with Crippen LogP contribution in [0.2, 0.25) is 0 Å². The van der Waals surface area contributed by atoms with E-state index in [-0.39, 0.29) is 36.3 Å². The van der Waals surface area contributed by atoms with Gasteiger partial charge >= 0.3 is 0 Å². The molecule has 2 aromatic rings. The maximum Gasteiger partial charge on any atom is 0.261 e. The molecule has 0 unspecified atom stereocenters. The van der Waals surface area contributed by atoms with Crippen LogP contribution in [-0.4, -0.2) is 53.6 Å². The Kier molecular flexibility index (Phi) is 4.72. The summed E-state index contributed by atoms with van der Waals surface area (Å²) < 4.78 is 0. The third-order valence-electron chi connectivity index (χ3n) is 5.14. The first-order valence-corrected chi connectivity index (χ1v) is 9.91. The Hall–Kier alpha value is -3.00. The van der Waals surface area contributed by atoms with Gasteiger partial charge < -0.3 is 10.2 Å². The average Bonchev–Trinajstić information content (AvgIpc) is 3.26. The van der Waals surface area contributed by atoms with Gasteiger partial charge in [-0.3, -0.25) is 24.1 Å². The lowest BCUT2D eigenvalue weighted by Gasteiger charge is -2.27. The Morgan fingerprint density at radius 2 is 1.93 bits per heavy atom. The van der Waals surface area contributed by atoms with Crippen LogP contribution in [0.1, 0.15) is 47.9 Å². The van der Waals surface area contributed by atoms with Gasteiger partial charge in [-0.2, -0.15) is 0 Å². The molecule has 0 bridgehead atoms. The molecular weight excluding hydrogens is 378 g/mol. The molecule has 144 valence electrons. The number of nitrogens with one attached hydrogen (secondary N) is 1. The number of carbonyl (C=O) groups excluding carboxylic acids is 4. The summed E-state index contributed by atoms with van der Waals surface area (Å²) in [6.45, 7) is 1.55. The lowest BCUT2D eigenvalue weighted by atomic mass is 10.1. The summed E-state index contributed by atoms with van der Waals surface area (Å²) in [4.78, 5) is 52.9.